The first-order valence-corrected chi connectivity index (χ1v) is 11.4. The number of hydrogen-bond donors (Lipinski definition) is 1. The van der Waals surface area contributed by atoms with E-state index in [2.05, 4.69) is 70.1 Å². The monoisotopic (exact) mass is 287 g/mol. The second kappa shape index (κ2) is 5.77. The van der Waals surface area contributed by atoms with Gasteiger partial charge in [-0.25, -0.2) is 0 Å². The lowest BCUT2D eigenvalue weighted by atomic mass is 9.88. The predicted molar refractivity (Wildman–Crippen MR) is 91.6 cm³/mol. The van der Waals surface area contributed by atoms with Gasteiger partial charge in [0.2, 0.25) is 0 Å². The Balaban J connectivity index is 2.28. The van der Waals surface area contributed by atoms with Crippen LogP contribution in [-0.2, 0) is 0 Å². The summed E-state index contributed by atoms with van der Waals surface area (Å²) in [5.41, 5.74) is 4.24. The molecule has 110 valence electrons. The van der Waals surface area contributed by atoms with Crippen LogP contribution in [0.1, 0.15) is 42.5 Å². The molecule has 2 heteroatoms. The molecule has 2 atom stereocenters. The predicted octanol–water partition coefficient (Wildman–Crippen LogP) is 5.13. The summed E-state index contributed by atoms with van der Waals surface area (Å²) in [6.07, 6.45) is 4.86. The first-order valence-electron chi connectivity index (χ1n) is 7.86. The van der Waals surface area contributed by atoms with E-state index in [0.29, 0.717) is 6.04 Å². The topological polar surface area (TPSA) is 12.0 Å². The van der Waals surface area contributed by atoms with Gasteiger partial charge in [-0.2, -0.15) is 0 Å². The second-order valence-electron chi connectivity index (χ2n) is 7.27. The van der Waals surface area contributed by atoms with E-state index in [-0.39, 0.29) is 0 Å². The Labute approximate surface area is 125 Å². The molecule has 1 aliphatic rings. The second-order valence-corrected chi connectivity index (χ2v) is 12.3. The lowest BCUT2D eigenvalue weighted by Gasteiger charge is -2.37. The van der Waals surface area contributed by atoms with Gasteiger partial charge in [0.05, 0.1) is 14.1 Å². The average molecular weight is 288 g/mol. The molecule has 0 saturated carbocycles. The molecule has 0 aliphatic carbocycles. The molecule has 0 fully saturated rings. The van der Waals surface area contributed by atoms with E-state index in [1.807, 2.05) is 0 Å². The van der Waals surface area contributed by atoms with Gasteiger partial charge < -0.3 is 5.32 Å². The van der Waals surface area contributed by atoms with Gasteiger partial charge >= 0.3 is 0 Å². The molecule has 20 heavy (non-hydrogen) atoms. The molecular formula is C18H29NSi. The van der Waals surface area contributed by atoms with Crippen LogP contribution in [0.5, 0.6) is 0 Å². The van der Waals surface area contributed by atoms with E-state index < -0.39 is 8.07 Å². The Morgan fingerprint density at radius 1 is 1.20 bits per heavy atom. The summed E-state index contributed by atoms with van der Waals surface area (Å²) >= 11 is 0. The highest BCUT2D eigenvalue weighted by atomic mass is 28.3. The van der Waals surface area contributed by atoms with Crippen molar-refractivity contribution in [2.45, 2.75) is 59.3 Å². The zero-order valence-corrected chi connectivity index (χ0v) is 14.9. The zero-order valence-electron chi connectivity index (χ0n) is 13.9. The number of hydrogen-bond acceptors (Lipinski definition) is 1. The SMILES string of the molecule is CCC1CC(c2ccc(C)cc2C)NC=C1[Si](C)(C)C. The van der Waals surface area contributed by atoms with Gasteiger partial charge in [0.15, 0.2) is 0 Å². The minimum Gasteiger partial charge on any atom is -0.384 e. The molecule has 1 aromatic rings. The molecule has 1 aromatic carbocycles. The summed E-state index contributed by atoms with van der Waals surface area (Å²) in [7, 11) is -1.19. The number of allylic oxidation sites excluding steroid dienone is 1. The van der Waals surface area contributed by atoms with Crippen molar-refractivity contribution in [1.82, 2.24) is 5.32 Å². The van der Waals surface area contributed by atoms with E-state index in [1.165, 1.54) is 29.5 Å². The van der Waals surface area contributed by atoms with Crippen LogP contribution in [0.15, 0.2) is 29.6 Å². The third-order valence-electron chi connectivity index (χ3n) is 4.56. The first kappa shape index (κ1) is 15.4. The first-order chi connectivity index (χ1) is 9.32. The average Bonchev–Trinajstić information content (AvgIpc) is 2.37. The van der Waals surface area contributed by atoms with Gasteiger partial charge in [-0.1, -0.05) is 55.5 Å². The molecule has 0 amide bonds. The van der Waals surface area contributed by atoms with Crippen LogP contribution in [0.25, 0.3) is 0 Å². The molecule has 0 radical (unpaired) electrons. The van der Waals surface area contributed by atoms with Gasteiger partial charge in [0.25, 0.3) is 0 Å². The third-order valence-corrected chi connectivity index (χ3v) is 6.84. The van der Waals surface area contributed by atoms with Crippen molar-refractivity contribution in [3.8, 4) is 0 Å². The van der Waals surface area contributed by atoms with Crippen molar-refractivity contribution in [2.75, 3.05) is 0 Å². The maximum atomic E-state index is 3.69. The quantitative estimate of drug-likeness (QED) is 0.760. The van der Waals surface area contributed by atoms with Crippen LogP contribution in [0.3, 0.4) is 0 Å². The van der Waals surface area contributed by atoms with Crippen LogP contribution >= 0.6 is 0 Å². The van der Waals surface area contributed by atoms with Crippen LogP contribution in [-0.4, -0.2) is 8.07 Å². The van der Waals surface area contributed by atoms with Gasteiger partial charge in [0, 0.05) is 0 Å². The smallest absolute Gasteiger partial charge is 0.0746 e. The number of aryl methyl sites for hydroxylation is 2. The molecule has 1 N–H and O–H groups in total. The molecule has 0 saturated heterocycles. The Hall–Kier alpha value is -1.02. The van der Waals surface area contributed by atoms with Crippen LogP contribution in [0.4, 0.5) is 0 Å². The van der Waals surface area contributed by atoms with Crippen molar-refractivity contribution >= 4 is 8.07 Å². The van der Waals surface area contributed by atoms with E-state index in [4.69, 9.17) is 0 Å². The minimum absolute atomic E-state index is 0.487. The van der Waals surface area contributed by atoms with Crippen molar-refractivity contribution in [1.29, 1.82) is 0 Å². The fourth-order valence-electron chi connectivity index (χ4n) is 3.44. The van der Waals surface area contributed by atoms with E-state index >= 15 is 0 Å². The Bertz CT molecular complexity index is 511. The van der Waals surface area contributed by atoms with Crippen molar-refractivity contribution < 1.29 is 0 Å². The minimum atomic E-state index is -1.19. The molecule has 0 bridgehead atoms. The van der Waals surface area contributed by atoms with Gasteiger partial charge in [-0.15, -0.1) is 0 Å². The Morgan fingerprint density at radius 3 is 2.45 bits per heavy atom. The fourth-order valence-corrected chi connectivity index (χ4v) is 5.50. The van der Waals surface area contributed by atoms with E-state index in [9.17, 15) is 0 Å². The van der Waals surface area contributed by atoms with Gasteiger partial charge in [-0.05, 0) is 49.9 Å². The molecule has 1 nitrogen and oxygen atoms in total. The highest BCUT2D eigenvalue weighted by molar-refractivity contribution is 6.83. The third kappa shape index (κ3) is 3.17. The van der Waals surface area contributed by atoms with Gasteiger partial charge in [0.1, 0.15) is 0 Å². The summed E-state index contributed by atoms with van der Waals surface area (Å²) in [5, 5.41) is 5.40. The number of nitrogens with one attached hydrogen (secondary N) is 1. The normalized spacial score (nSPS) is 23.2. The molecule has 0 spiro atoms. The summed E-state index contributed by atoms with van der Waals surface area (Å²) in [4.78, 5) is 0. The largest absolute Gasteiger partial charge is 0.384 e. The Morgan fingerprint density at radius 2 is 1.90 bits per heavy atom. The maximum absolute atomic E-state index is 3.69. The summed E-state index contributed by atoms with van der Waals surface area (Å²) in [6, 6.07) is 7.33. The van der Waals surface area contributed by atoms with Crippen LogP contribution in [0.2, 0.25) is 19.6 Å². The number of rotatable bonds is 3. The molecule has 1 aliphatic heterocycles. The molecule has 2 rings (SSSR count). The van der Waals surface area contributed by atoms with Crippen molar-refractivity contribution in [2.24, 2.45) is 5.92 Å². The fraction of sp³-hybridized carbons (Fsp3) is 0.556. The highest BCUT2D eigenvalue weighted by Crippen LogP contribution is 2.37. The molecule has 0 aromatic heterocycles. The van der Waals surface area contributed by atoms with Crippen LogP contribution in [0, 0.1) is 19.8 Å². The standard InChI is InChI=1S/C18H29NSi/c1-7-15-11-17(19-12-18(15)20(4,5)6)16-9-8-13(2)10-14(16)3/h8-10,12,15,17,19H,7,11H2,1-6H3. The maximum Gasteiger partial charge on any atom is 0.0746 e. The summed E-state index contributed by atoms with van der Waals surface area (Å²) in [6.45, 7) is 14.1. The molecule has 1 heterocycles. The van der Waals surface area contributed by atoms with E-state index in [0.717, 1.165) is 5.92 Å². The lowest BCUT2D eigenvalue weighted by Crippen LogP contribution is -2.36. The summed E-state index contributed by atoms with van der Waals surface area (Å²) < 4.78 is 0. The van der Waals surface area contributed by atoms with Crippen molar-refractivity contribution in [3.05, 3.63) is 46.3 Å². The molecule has 2 unspecified atom stereocenters. The van der Waals surface area contributed by atoms with Crippen molar-refractivity contribution in [3.63, 3.8) is 0 Å². The van der Waals surface area contributed by atoms with Gasteiger partial charge in [-0.3, -0.25) is 0 Å². The molecular weight excluding hydrogens is 258 g/mol. The number of benzene rings is 1. The zero-order chi connectivity index (χ0) is 14.9. The highest BCUT2D eigenvalue weighted by Gasteiger charge is 2.31. The lowest BCUT2D eigenvalue weighted by molar-refractivity contribution is 0.428. The van der Waals surface area contributed by atoms with Crippen LogP contribution < -0.4 is 5.32 Å². The Kier molecular flexibility index (Phi) is 4.43. The summed E-state index contributed by atoms with van der Waals surface area (Å²) in [5.74, 6) is 0.758. The van der Waals surface area contributed by atoms with E-state index in [1.54, 1.807) is 5.20 Å².